The van der Waals surface area contributed by atoms with E-state index in [1.54, 1.807) is 17.9 Å². The number of nitrogens with zero attached hydrogens (tertiary/aromatic N) is 1. The number of hydrogen-bond acceptors (Lipinski definition) is 2. The molecule has 0 saturated carbocycles. The third-order valence-electron chi connectivity index (χ3n) is 2.88. The van der Waals surface area contributed by atoms with Crippen molar-refractivity contribution in [3.05, 3.63) is 35.1 Å². The van der Waals surface area contributed by atoms with Crippen LogP contribution in [-0.4, -0.2) is 35.1 Å². The lowest BCUT2D eigenvalue weighted by Gasteiger charge is -2.16. The van der Waals surface area contributed by atoms with E-state index in [4.69, 9.17) is 0 Å². The van der Waals surface area contributed by atoms with Crippen LogP contribution in [0.1, 0.15) is 22.3 Å². The Morgan fingerprint density at radius 1 is 1.56 bits per heavy atom. The number of hydrogen-bond donors (Lipinski definition) is 1. The van der Waals surface area contributed by atoms with Gasteiger partial charge in [-0.2, -0.15) is 0 Å². The number of benzene rings is 1. The van der Waals surface area contributed by atoms with Crippen LogP contribution in [0.15, 0.2) is 18.2 Å². The standard InChI is InChI=1S/C12H14FNO2/c1-8-2-3-9(13)6-11(8)12(16)14-5-4-10(15)7-14/h2-3,6,10,15H,4-5,7H2,1H3/t10-/m0/s1. The predicted octanol–water partition coefficient (Wildman–Crippen LogP) is 1.34. The summed E-state index contributed by atoms with van der Waals surface area (Å²) in [5.41, 5.74) is 1.14. The van der Waals surface area contributed by atoms with Crippen molar-refractivity contribution in [1.82, 2.24) is 4.90 Å². The first-order valence-corrected chi connectivity index (χ1v) is 5.31. The van der Waals surface area contributed by atoms with Gasteiger partial charge >= 0.3 is 0 Å². The minimum atomic E-state index is -0.446. The van der Waals surface area contributed by atoms with E-state index >= 15 is 0 Å². The maximum absolute atomic E-state index is 13.1. The minimum Gasteiger partial charge on any atom is -0.391 e. The molecule has 1 heterocycles. The van der Waals surface area contributed by atoms with Crippen LogP contribution in [0, 0.1) is 12.7 Å². The largest absolute Gasteiger partial charge is 0.391 e. The third-order valence-corrected chi connectivity index (χ3v) is 2.88. The zero-order valence-electron chi connectivity index (χ0n) is 9.11. The first-order valence-electron chi connectivity index (χ1n) is 5.31. The lowest BCUT2D eigenvalue weighted by atomic mass is 10.1. The van der Waals surface area contributed by atoms with Gasteiger partial charge in [-0.05, 0) is 31.0 Å². The van der Waals surface area contributed by atoms with Crippen molar-refractivity contribution in [3.8, 4) is 0 Å². The zero-order valence-corrected chi connectivity index (χ0v) is 9.11. The first kappa shape index (κ1) is 11.1. The van der Waals surface area contributed by atoms with Gasteiger partial charge in [0.15, 0.2) is 0 Å². The fraction of sp³-hybridized carbons (Fsp3) is 0.417. The molecular formula is C12H14FNO2. The molecule has 1 amide bonds. The highest BCUT2D eigenvalue weighted by Crippen LogP contribution is 2.17. The van der Waals surface area contributed by atoms with Crippen molar-refractivity contribution < 1.29 is 14.3 Å². The molecule has 0 bridgehead atoms. The Morgan fingerprint density at radius 3 is 2.94 bits per heavy atom. The summed E-state index contributed by atoms with van der Waals surface area (Å²) in [6.07, 6.45) is 0.151. The molecule has 0 aromatic heterocycles. The normalized spacial score (nSPS) is 20.2. The summed E-state index contributed by atoms with van der Waals surface area (Å²) < 4.78 is 13.1. The number of halogens is 1. The monoisotopic (exact) mass is 223 g/mol. The van der Waals surface area contributed by atoms with E-state index in [1.807, 2.05) is 0 Å². The fourth-order valence-electron chi connectivity index (χ4n) is 1.92. The summed E-state index contributed by atoms with van der Waals surface area (Å²) in [7, 11) is 0. The van der Waals surface area contributed by atoms with Crippen LogP contribution in [0.3, 0.4) is 0 Å². The minimum absolute atomic E-state index is 0.200. The summed E-state index contributed by atoms with van der Waals surface area (Å²) in [5.74, 6) is -0.609. The zero-order chi connectivity index (χ0) is 11.7. The molecule has 2 rings (SSSR count). The molecule has 0 unspecified atom stereocenters. The molecule has 86 valence electrons. The second kappa shape index (κ2) is 4.22. The van der Waals surface area contributed by atoms with Crippen LogP contribution in [0.4, 0.5) is 4.39 Å². The van der Waals surface area contributed by atoms with Gasteiger partial charge in [0.2, 0.25) is 0 Å². The quantitative estimate of drug-likeness (QED) is 0.780. The van der Waals surface area contributed by atoms with Crippen LogP contribution >= 0.6 is 0 Å². The van der Waals surface area contributed by atoms with Crippen LogP contribution in [0.25, 0.3) is 0 Å². The smallest absolute Gasteiger partial charge is 0.254 e. The second-order valence-electron chi connectivity index (χ2n) is 4.15. The lowest BCUT2D eigenvalue weighted by Crippen LogP contribution is -2.30. The van der Waals surface area contributed by atoms with Crippen LogP contribution in [0.5, 0.6) is 0 Å². The second-order valence-corrected chi connectivity index (χ2v) is 4.15. The van der Waals surface area contributed by atoms with Crippen LogP contribution in [0.2, 0.25) is 0 Å². The molecule has 0 spiro atoms. The number of β-amino-alcohol motifs (C(OH)–C–C–N with tert-alkyl or cyclic N) is 1. The van der Waals surface area contributed by atoms with E-state index < -0.39 is 11.9 Å². The number of amides is 1. The number of aliphatic hydroxyl groups is 1. The molecule has 1 aliphatic rings. The first-order chi connectivity index (χ1) is 7.58. The van der Waals surface area contributed by atoms with E-state index in [9.17, 15) is 14.3 Å². The highest BCUT2D eigenvalue weighted by atomic mass is 19.1. The van der Waals surface area contributed by atoms with Crippen molar-refractivity contribution in [2.75, 3.05) is 13.1 Å². The van der Waals surface area contributed by atoms with Crippen LogP contribution in [-0.2, 0) is 0 Å². The molecular weight excluding hydrogens is 209 g/mol. The van der Waals surface area contributed by atoms with Gasteiger partial charge in [-0.1, -0.05) is 6.07 Å². The van der Waals surface area contributed by atoms with E-state index in [0.29, 0.717) is 25.1 Å². The number of aliphatic hydroxyl groups excluding tert-OH is 1. The number of carbonyl (C=O) groups excluding carboxylic acids is 1. The van der Waals surface area contributed by atoms with Crippen molar-refractivity contribution in [2.45, 2.75) is 19.4 Å². The summed E-state index contributed by atoms with van der Waals surface area (Å²) in [5, 5.41) is 9.35. The average molecular weight is 223 g/mol. The Kier molecular flexibility index (Phi) is 2.92. The molecule has 1 aromatic carbocycles. The van der Waals surface area contributed by atoms with Gasteiger partial charge in [0, 0.05) is 18.7 Å². The van der Waals surface area contributed by atoms with Crippen molar-refractivity contribution in [2.24, 2.45) is 0 Å². The maximum Gasteiger partial charge on any atom is 0.254 e. The topological polar surface area (TPSA) is 40.5 Å². The molecule has 4 heteroatoms. The number of carbonyl (C=O) groups is 1. The maximum atomic E-state index is 13.1. The highest BCUT2D eigenvalue weighted by Gasteiger charge is 2.26. The van der Waals surface area contributed by atoms with Crippen molar-refractivity contribution >= 4 is 5.91 Å². The average Bonchev–Trinajstić information content (AvgIpc) is 2.67. The summed E-state index contributed by atoms with van der Waals surface area (Å²) in [6, 6.07) is 4.18. The Labute approximate surface area is 93.5 Å². The molecule has 1 fully saturated rings. The number of likely N-dealkylation sites (tertiary alicyclic amines) is 1. The van der Waals surface area contributed by atoms with Gasteiger partial charge in [0.25, 0.3) is 5.91 Å². The van der Waals surface area contributed by atoms with Gasteiger partial charge in [0.1, 0.15) is 5.82 Å². The van der Waals surface area contributed by atoms with Gasteiger partial charge in [0.05, 0.1) is 6.10 Å². The Morgan fingerprint density at radius 2 is 2.31 bits per heavy atom. The molecule has 3 nitrogen and oxygen atoms in total. The number of rotatable bonds is 1. The molecule has 1 atom stereocenters. The Hall–Kier alpha value is -1.42. The van der Waals surface area contributed by atoms with E-state index in [2.05, 4.69) is 0 Å². The Balaban J connectivity index is 2.23. The van der Waals surface area contributed by atoms with Gasteiger partial charge in [-0.15, -0.1) is 0 Å². The summed E-state index contributed by atoms with van der Waals surface area (Å²) >= 11 is 0. The molecule has 0 aliphatic carbocycles. The molecule has 1 aromatic rings. The van der Waals surface area contributed by atoms with Crippen LogP contribution < -0.4 is 0 Å². The fourth-order valence-corrected chi connectivity index (χ4v) is 1.92. The van der Waals surface area contributed by atoms with E-state index in [1.165, 1.54) is 12.1 Å². The predicted molar refractivity (Wildman–Crippen MR) is 57.7 cm³/mol. The van der Waals surface area contributed by atoms with E-state index in [0.717, 1.165) is 5.56 Å². The van der Waals surface area contributed by atoms with Gasteiger partial charge in [-0.3, -0.25) is 4.79 Å². The highest BCUT2D eigenvalue weighted by molar-refractivity contribution is 5.95. The Bertz CT molecular complexity index is 419. The molecule has 1 aliphatic heterocycles. The number of aryl methyl sites for hydroxylation is 1. The summed E-state index contributed by atoms with van der Waals surface area (Å²) in [6.45, 7) is 2.66. The van der Waals surface area contributed by atoms with Crippen molar-refractivity contribution in [1.29, 1.82) is 0 Å². The summed E-state index contributed by atoms with van der Waals surface area (Å²) in [4.78, 5) is 13.6. The molecule has 0 radical (unpaired) electrons. The SMILES string of the molecule is Cc1ccc(F)cc1C(=O)N1CC[C@H](O)C1. The van der Waals surface area contributed by atoms with Gasteiger partial charge < -0.3 is 10.0 Å². The van der Waals surface area contributed by atoms with Crippen molar-refractivity contribution in [3.63, 3.8) is 0 Å². The molecule has 1 N–H and O–H groups in total. The molecule has 16 heavy (non-hydrogen) atoms. The van der Waals surface area contributed by atoms with E-state index in [-0.39, 0.29) is 5.91 Å². The third kappa shape index (κ3) is 2.07. The molecule has 1 saturated heterocycles. The lowest BCUT2D eigenvalue weighted by molar-refractivity contribution is 0.0764. The van der Waals surface area contributed by atoms with Gasteiger partial charge in [-0.25, -0.2) is 4.39 Å².